The highest BCUT2D eigenvalue weighted by atomic mass is 16.6. The molecule has 0 aromatic heterocycles. The number of carbonyl (C=O) groups is 1. The summed E-state index contributed by atoms with van der Waals surface area (Å²) in [6, 6.07) is 0. The number of unbranched alkanes of at least 4 members (excludes halogenated alkanes) is 18. The molecule has 0 amide bonds. The van der Waals surface area contributed by atoms with Gasteiger partial charge in [-0.2, -0.15) is 0 Å². The number of esters is 1. The molecule has 4 heteroatoms. The second kappa shape index (κ2) is 32.1. The van der Waals surface area contributed by atoms with Crippen molar-refractivity contribution in [2.24, 2.45) is 0 Å². The van der Waals surface area contributed by atoms with Crippen molar-refractivity contribution in [3.05, 3.63) is 24.3 Å². The Morgan fingerprint density at radius 3 is 1.68 bits per heavy atom. The number of hydrogen-bond acceptors (Lipinski definition) is 4. The third-order valence-corrected chi connectivity index (χ3v) is 7.03. The van der Waals surface area contributed by atoms with Crippen molar-refractivity contribution < 1.29 is 19.4 Å². The van der Waals surface area contributed by atoms with Crippen LogP contribution in [0.1, 0.15) is 162 Å². The highest BCUT2D eigenvalue weighted by Gasteiger charge is 2.13. The third kappa shape index (κ3) is 29.4. The number of hydrogen-bond donors (Lipinski definition) is 1. The van der Waals surface area contributed by atoms with Gasteiger partial charge in [0.1, 0.15) is 6.10 Å². The van der Waals surface area contributed by atoms with Gasteiger partial charge in [-0.05, 0) is 44.9 Å². The maximum absolute atomic E-state index is 12.1. The highest BCUT2D eigenvalue weighted by molar-refractivity contribution is 5.69. The average molecular weight is 537 g/mol. The molecule has 0 bridgehead atoms. The van der Waals surface area contributed by atoms with E-state index in [9.17, 15) is 9.90 Å². The Kier molecular flexibility index (Phi) is 31.1. The van der Waals surface area contributed by atoms with Crippen LogP contribution in [0.4, 0.5) is 0 Å². The van der Waals surface area contributed by atoms with E-state index in [-0.39, 0.29) is 12.6 Å². The van der Waals surface area contributed by atoms with E-state index in [0.717, 1.165) is 25.7 Å². The van der Waals surface area contributed by atoms with Crippen LogP contribution in [0.25, 0.3) is 0 Å². The maximum Gasteiger partial charge on any atom is 0.306 e. The highest BCUT2D eigenvalue weighted by Crippen LogP contribution is 2.12. The fraction of sp³-hybridized carbons (Fsp3) is 0.853. The predicted octanol–water partition coefficient (Wildman–Crippen LogP) is 10.0. The van der Waals surface area contributed by atoms with Gasteiger partial charge in [-0.25, -0.2) is 0 Å². The molecule has 1 unspecified atom stereocenters. The van der Waals surface area contributed by atoms with Gasteiger partial charge in [-0.3, -0.25) is 4.79 Å². The molecule has 0 aliphatic heterocycles. The van der Waals surface area contributed by atoms with Crippen LogP contribution in [0.15, 0.2) is 24.3 Å². The van der Waals surface area contributed by atoms with E-state index in [1.165, 1.54) is 116 Å². The summed E-state index contributed by atoms with van der Waals surface area (Å²) in [4.78, 5) is 12.1. The van der Waals surface area contributed by atoms with Crippen molar-refractivity contribution in [3.63, 3.8) is 0 Å². The molecule has 0 saturated carbocycles. The number of carbonyl (C=O) groups excluding carboxylic acids is 1. The van der Waals surface area contributed by atoms with Gasteiger partial charge in [0.25, 0.3) is 0 Å². The van der Waals surface area contributed by atoms with Crippen molar-refractivity contribution in [1.82, 2.24) is 0 Å². The van der Waals surface area contributed by atoms with Gasteiger partial charge in [0, 0.05) is 13.0 Å². The van der Waals surface area contributed by atoms with E-state index in [1.807, 2.05) is 0 Å². The van der Waals surface area contributed by atoms with Crippen molar-refractivity contribution >= 4 is 5.97 Å². The fourth-order valence-electron chi connectivity index (χ4n) is 4.53. The molecule has 0 saturated heterocycles. The average Bonchev–Trinajstić information content (AvgIpc) is 2.92. The monoisotopic (exact) mass is 536 g/mol. The molecule has 1 atom stereocenters. The molecule has 4 nitrogen and oxygen atoms in total. The zero-order chi connectivity index (χ0) is 27.8. The molecule has 0 heterocycles. The predicted molar refractivity (Wildman–Crippen MR) is 164 cm³/mol. The van der Waals surface area contributed by atoms with Crippen LogP contribution >= 0.6 is 0 Å². The van der Waals surface area contributed by atoms with E-state index >= 15 is 0 Å². The number of aliphatic hydroxyl groups excluding tert-OH is 1. The summed E-state index contributed by atoms with van der Waals surface area (Å²) in [6.07, 6.45) is 36.3. The van der Waals surface area contributed by atoms with Crippen LogP contribution in [0.5, 0.6) is 0 Å². The molecular weight excluding hydrogens is 472 g/mol. The topological polar surface area (TPSA) is 55.8 Å². The summed E-state index contributed by atoms with van der Waals surface area (Å²) in [7, 11) is 0. The van der Waals surface area contributed by atoms with Crippen molar-refractivity contribution in [2.75, 3.05) is 19.8 Å². The minimum Gasteiger partial charge on any atom is -0.457 e. The zero-order valence-corrected chi connectivity index (χ0v) is 25.4. The molecular formula is C34H64O4. The Morgan fingerprint density at radius 1 is 0.632 bits per heavy atom. The maximum atomic E-state index is 12.1. The van der Waals surface area contributed by atoms with Crippen molar-refractivity contribution in [3.8, 4) is 0 Å². The smallest absolute Gasteiger partial charge is 0.306 e. The lowest BCUT2D eigenvalue weighted by atomic mass is 10.1. The Balaban J connectivity index is 3.46. The van der Waals surface area contributed by atoms with E-state index in [2.05, 4.69) is 38.2 Å². The SMILES string of the molecule is CCCCC/C=C\C/C=C\CCCCCCCCCC(=O)OC(CO)COCCCCCCCCCCC. The van der Waals surface area contributed by atoms with E-state index in [4.69, 9.17) is 9.47 Å². The number of allylic oxidation sites excluding steroid dienone is 4. The van der Waals surface area contributed by atoms with E-state index in [0.29, 0.717) is 19.6 Å². The molecule has 0 fully saturated rings. The summed E-state index contributed by atoms with van der Waals surface area (Å²) in [5.41, 5.74) is 0. The third-order valence-electron chi connectivity index (χ3n) is 7.03. The molecule has 0 aliphatic rings. The zero-order valence-electron chi connectivity index (χ0n) is 25.4. The van der Waals surface area contributed by atoms with Crippen molar-refractivity contribution in [1.29, 1.82) is 0 Å². The Labute approximate surface area is 237 Å². The molecule has 0 rings (SSSR count). The van der Waals surface area contributed by atoms with Crippen LogP contribution < -0.4 is 0 Å². The molecule has 0 spiro atoms. The van der Waals surface area contributed by atoms with Gasteiger partial charge in [0.15, 0.2) is 0 Å². The van der Waals surface area contributed by atoms with Crippen molar-refractivity contribution in [2.45, 2.75) is 168 Å². The summed E-state index contributed by atoms with van der Waals surface area (Å²) < 4.78 is 11.0. The lowest BCUT2D eigenvalue weighted by molar-refractivity contribution is -0.154. The molecule has 0 radical (unpaired) electrons. The number of ether oxygens (including phenoxy) is 2. The Bertz CT molecular complexity index is 529. The molecule has 38 heavy (non-hydrogen) atoms. The molecule has 224 valence electrons. The lowest BCUT2D eigenvalue weighted by Crippen LogP contribution is -2.27. The largest absolute Gasteiger partial charge is 0.457 e. The van der Waals surface area contributed by atoms with Gasteiger partial charge in [-0.1, -0.05) is 134 Å². The number of rotatable bonds is 30. The van der Waals surface area contributed by atoms with Gasteiger partial charge < -0.3 is 14.6 Å². The van der Waals surface area contributed by atoms with Gasteiger partial charge in [0.05, 0.1) is 13.2 Å². The van der Waals surface area contributed by atoms with Gasteiger partial charge in [-0.15, -0.1) is 0 Å². The molecule has 0 aliphatic carbocycles. The van der Waals surface area contributed by atoms with Crippen LogP contribution in [0.3, 0.4) is 0 Å². The lowest BCUT2D eigenvalue weighted by Gasteiger charge is -2.16. The van der Waals surface area contributed by atoms with E-state index in [1.54, 1.807) is 0 Å². The first kappa shape index (κ1) is 36.9. The minimum absolute atomic E-state index is 0.172. The summed E-state index contributed by atoms with van der Waals surface area (Å²) in [5.74, 6) is -0.210. The van der Waals surface area contributed by atoms with Crippen LogP contribution in [0, 0.1) is 0 Å². The standard InChI is InChI=1S/C34H64O4/c1-3-5-7-9-11-13-14-15-16-17-18-19-20-21-23-25-27-29-34(36)38-33(31-35)32-37-30-28-26-24-22-12-10-8-6-4-2/h11,13,15-16,33,35H,3-10,12,14,17-32H2,1-2H3/b13-11-,16-15-. The Morgan fingerprint density at radius 2 is 1.11 bits per heavy atom. The first-order valence-corrected chi connectivity index (χ1v) is 16.4. The Hall–Kier alpha value is -1.13. The van der Waals surface area contributed by atoms with Crippen LogP contribution in [-0.4, -0.2) is 37.0 Å². The fourth-order valence-corrected chi connectivity index (χ4v) is 4.53. The van der Waals surface area contributed by atoms with Gasteiger partial charge >= 0.3 is 5.97 Å². The second-order valence-corrected chi connectivity index (χ2v) is 10.9. The first-order valence-electron chi connectivity index (χ1n) is 16.4. The van der Waals surface area contributed by atoms with Crippen LogP contribution in [-0.2, 0) is 14.3 Å². The first-order chi connectivity index (χ1) is 18.7. The quantitative estimate of drug-likeness (QED) is 0.0563. The van der Waals surface area contributed by atoms with E-state index < -0.39 is 6.10 Å². The summed E-state index contributed by atoms with van der Waals surface area (Å²) >= 11 is 0. The normalized spacial score (nSPS) is 12.6. The minimum atomic E-state index is -0.531. The molecule has 1 N–H and O–H groups in total. The summed E-state index contributed by atoms with van der Waals surface area (Å²) in [6.45, 7) is 5.30. The molecule has 0 aromatic carbocycles. The summed E-state index contributed by atoms with van der Waals surface area (Å²) in [5, 5.41) is 9.49. The second-order valence-electron chi connectivity index (χ2n) is 10.9. The van der Waals surface area contributed by atoms with Gasteiger partial charge in [0.2, 0.25) is 0 Å². The number of aliphatic hydroxyl groups is 1. The molecule has 0 aromatic rings. The van der Waals surface area contributed by atoms with Crippen LogP contribution in [0.2, 0.25) is 0 Å².